The number of anilines is 1. The van der Waals surface area contributed by atoms with Gasteiger partial charge in [-0.05, 0) is 12.1 Å². The van der Waals surface area contributed by atoms with E-state index in [9.17, 15) is 4.79 Å². The molecule has 0 aliphatic carbocycles. The van der Waals surface area contributed by atoms with Gasteiger partial charge in [0.1, 0.15) is 0 Å². The van der Waals surface area contributed by atoms with Gasteiger partial charge in [-0.3, -0.25) is 9.79 Å². The highest BCUT2D eigenvalue weighted by atomic mass is 16.1. The SMILES string of the molecule is NC(=O)c1ccccc1C1=CNc2ccccc2C=N1. The summed E-state index contributed by atoms with van der Waals surface area (Å²) in [7, 11) is 0. The van der Waals surface area contributed by atoms with Crippen molar-refractivity contribution in [2.75, 3.05) is 5.32 Å². The highest BCUT2D eigenvalue weighted by Crippen LogP contribution is 2.24. The van der Waals surface area contributed by atoms with Crippen LogP contribution in [0.1, 0.15) is 21.5 Å². The van der Waals surface area contributed by atoms with Crippen molar-refractivity contribution in [1.29, 1.82) is 0 Å². The lowest BCUT2D eigenvalue weighted by atomic mass is 10.0. The zero-order valence-corrected chi connectivity index (χ0v) is 10.7. The molecule has 3 rings (SSSR count). The third-order valence-electron chi connectivity index (χ3n) is 3.14. The Hall–Kier alpha value is -2.88. The zero-order valence-electron chi connectivity index (χ0n) is 10.7. The summed E-state index contributed by atoms with van der Waals surface area (Å²) in [5.74, 6) is -0.460. The minimum Gasteiger partial charge on any atom is -0.366 e. The number of hydrogen-bond donors (Lipinski definition) is 2. The van der Waals surface area contributed by atoms with Crippen LogP contribution in [0, 0.1) is 0 Å². The van der Waals surface area contributed by atoms with Crippen molar-refractivity contribution in [3.8, 4) is 0 Å². The minimum atomic E-state index is -0.460. The number of carbonyl (C=O) groups excluding carboxylic acids is 1. The van der Waals surface area contributed by atoms with Gasteiger partial charge in [0.25, 0.3) is 0 Å². The summed E-state index contributed by atoms with van der Waals surface area (Å²) in [5.41, 5.74) is 9.23. The minimum absolute atomic E-state index is 0.460. The maximum atomic E-state index is 11.5. The van der Waals surface area contributed by atoms with Gasteiger partial charge >= 0.3 is 0 Å². The van der Waals surface area contributed by atoms with E-state index in [1.807, 2.05) is 36.4 Å². The third-order valence-corrected chi connectivity index (χ3v) is 3.14. The number of amides is 1. The van der Waals surface area contributed by atoms with Gasteiger partial charge in [-0.15, -0.1) is 0 Å². The smallest absolute Gasteiger partial charge is 0.249 e. The number of carbonyl (C=O) groups is 1. The molecule has 1 amide bonds. The number of rotatable bonds is 2. The first-order valence-corrected chi connectivity index (χ1v) is 6.25. The lowest BCUT2D eigenvalue weighted by Gasteiger charge is -2.06. The summed E-state index contributed by atoms with van der Waals surface area (Å²) in [5, 5.41) is 3.20. The van der Waals surface area contributed by atoms with E-state index in [0.29, 0.717) is 11.3 Å². The van der Waals surface area contributed by atoms with Gasteiger partial charge in [0.05, 0.1) is 5.70 Å². The zero-order chi connectivity index (χ0) is 13.9. The fraction of sp³-hybridized carbons (Fsp3) is 0. The average Bonchev–Trinajstić information content (AvgIpc) is 2.70. The molecule has 0 saturated carbocycles. The molecule has 0 fully saturated rings. The Morgan fingerprint density at radius 3 is 2.65 bits per heavy atom. The van der Waals surface area contributed by atoms with Crippen LogP contribution in [-0.2, 0) is 0 Å². The number of nitrogens with two attached hydrogens (primary N) is 1. The summed E-state index contributed by atoms with van der Waals surface area (Å²) >= 11 is 0. The number of para-hydroxylation sites is 1. The van der Waals surface area contributed by atoms with E-state index in [2.05, 4.69) is 10.3 Å². The van der Waals surface area contributed by atoms with Crippen LogP contribution in [0.25, 0.3) is 5.70 Å². The Bertz CT molecular complexity index is 732. The second kappa shape index (κ2) is 5.01. The first kappa shape index (κ1) is 12.2. The van der Waals surface area contributed by atoms with Gasteiger partial charge in [-0.2, -0.15) is 0 Å². The Kier molecular flexibility index (Phi) is 3.05. The van der Waals surface area contributed by atoms with Crippen LogP contribution in [-0.4, -0.2) is 12.1 Å². The van der Waals surface area contributed by atoms with Crippen molar-refractivity contribution in [1.82, 2.24) is 0 Å². The van der Waals surface area contributed by atoms with Crippen LogP contribution in [0.3, 0.4) is 0 Å². The van der Waals surface area contributed by atoms with Crippen molar-refractivity contribution < 1.29 is 4.79 Å². The second-order valence-electron chi connectivity index (χ2n) is 4.43. The van der Waals surface area contributed by atoms with Crippen LogP contribution in [0.5, 0.6) is 0 Å². The maximum Gasteiger partial charge on any atom is 0.249 e. The van der Waals surface area contributed by atoms with Gasteiger partial charge in [0, 0.05) is 34.8 Å². The van der Waals surface area contributed by atoms with Crippen molar-refractivity contribution in [2.24, 2.45) is 10.7 Å². The molecule has 1 aliphatic heterocycles. The summed E-state index contributed by atoms with van der Waals surface area (Å²) in [4.78, 5) is 15.9. The monoisotopic (exact) mass is 263 g/mol. The predicted octanol–water partition coefficient (Wildman–Crippen LogP) is 2.63. The standard InChI is InChI=1S/C16H13N3O/c17-16(20)13-7-3-2-6-12(13)15-10-19-14-8-4-1-5-11(14)9-18-15/h1-10,19H,(H2,17,20). The molecule has 0 spiro atoms. The van der Waals surface area contributed by atoms with Crippen LogP contribution in [0.15, 0.2) is 59.7 Å². The lowest BCUT2D eigenvalue weighted by Crippen LogP contribution is -2.13. The summed E-state index contributed by atoms with van der Waals surface area (Å²) < 4.78 is 0. The molecule has 1 aliphatic rings. The summed E-state index contributed by atoms with van der Waals surface area (Å²) in [6.45, 7) is 0. The van der Waals surface area contributed by atoms with E-state index >= 15 is 0 Å². The van der Waals surface area contributed by atoms with Gasteiger partial charge in [0.15, 0.2) is 0 Å². The van der Waals surface area contributed by atoms with Crippen LogP contribution < -0.4 is 11.1 Å². The third kappa shape index (κ3) is 2.19. The number of aliphatic imine (C=N–C) groups is 1. The Morgan fingerprint density at radius 2 is 1.80 bits per heavy atom. The van der Waals surface area contributed by atoms with Crippen molar-refractivity contribution >= 4 is 23.5 Å². The first-order chi connectivity index (χ1) is 9.75. The number of nitrogens with zero attached hydrogens (tertiary/aromatic N) is 1. The molecule has 1 heterocycles. The molecule has 0 bridgehead atoms. The molecule has 98 valence electrons. The topological polar surface area (TPSA) is 67.5 Å². The van der Waals surface area contributed by atoms with Gasteiger partial charge in [-0.1, -0.05) is 36.4 Å². The molecule has 2 aromatic carbocycles. The molecule has 3 N–H and O–H groups in total. The Balaban J connectivity index is 2.06. The molecule has 4 nitrogen and oxygen atoms in total. The molecule has 4 heteroatoms. The molecule has 20 heavy (non-hydrogen) atoms. The molecule has 0 saturated heterocycles. The highest BCUT2D eigenvalue weighted by molar-refractivity contribution is 6.00. The maximum absolute atomic E-state index is 11.5. The predicted molar refractivity (Wildman–Crippen MR) is 80.6 cm³/mol. The van der Waals surface area contributed by atoms with E-state index in [4.69, 9.17) is 5.73 Å². The molecule has 0 radical (unpaired) electrons. The average molecular weight is 263 g/mol. The molecule has 0 atom stereocenters. The summed E-state index contributed by atoms with van der Waals surface area (Å²) in [6, 6.07) is 15.0. The van der Waals surface area contributed by atoms with E-state index < -0.39 is 5.91 Å². The number of benzene rings is 2. The molecule has 0 aromatic heterocycles. The largest absolute Gasteiger partial charge is 0.366 e. The normalized spacial score (nSPS) is 12.9. The number of nitrogens with one attached hydrogen (secondary N) is 1. The highest BCUT2D eigenvalue weighted by Gasteiger charge is 2.12. The van der Waals surface area contributed by atoms with E-state index in [1.165, 1.54) is 0 Å². The van der Waals surface area contributed by atoms with E-state index in [0.717, 1.165) is 16.8 Å². The second-order valence-corrected chi connectivity index (χ2v) is 4.43. The number of primary amides is 1. The van der Waals surface area contributed by atoms with Gasteiger partial charge in [0.2, 0.25) is 5.91 Å². The molecular weight excluding hydrogens is 250 g/mol. The number of hydrogen-bond acceptors (Lipinski definition) is 3. The molecule has 0 unspecified atom stereocenters. The van der Waals surface area contributed by atoms with Crippen LogP contribution in [0.4, 0.5) is 5.69 Å². The fourth-order valence-corrected chi connectivity index (χ4v) is 2.13. The van der Waals surface area contributed by atoms with Crippen molar-refractivity contribution in [2.45, 2.75) is 0 Å². The fourth-order valence-electron chi connectivity index (χ4n) is 2.13. The molecular formula is C16H13N3O. The van der Waals surface area contributed by atoms with E-state index in [-0.39, 0.29) is 0 Å². The van der Waals surface area contributed by atoms with Crippen molar-refractivity contribution in [3.05, 3.63) is 71.4 Å². The first-order valence-electron chi connectivity index (χ1n) is 6.25. The number of fused-ring (bicyclic) bond motifs is 1. The van der Waals surface area contributed by atoms with Crippen LogP contribution in [0.2, 0.25) is 0 Å². The van der Waals surface area contributed by atoms with E-state index in [1.54, 1.807) is 24.5 Å². The quantitative estimate of drug-likeness (QED) is 0.874. The Morgan fingerprint density at radius 1 is 1.05 bits per heavy atom. The van der Waals surface area contributed by atoms with Crippen molar-refractivity contribution in [3.63, 3.8) is 0 Å². The van der Waals surface area contributed by atoms with Gasteiger partial charge < -0.3 is 11.1 Å². The molecule has 2 aromatic rings. The van der Waals surface area contributed by atoms with Crippen LogP contribution >= 0.6 is 0 Å². The Labute approximate surface area is 116 Å². The lowest BCUT2D eigenvalue weighted by molar-refractivity contribution is 0.1000. The van der Waals surface area contributed by atoms with Gasteiger partial charge in [-0.25, -0.2) is 0 Å². The summed E-state index contributed by atoms with van der Waals surface area (Å²) in [6.07, 6.45) is 3.56.